The molecule has 0 radical (unpaired) electrons. The molecule has 0 bridgehead atoms. The van der Waals surface area contributed by atoms with Crippen LogP contribution in [0.4, 0.5) is 5.69 Å². The summed E-state index contributed by atoms with van der Waals surface area (Å²) in [4.78, 5) is 24.2. The Morgan fingerprint density at radius 3 is 2.68 bits per heavy atom. The summed E-state index contributed by atoms with van der Waals surface area (Å²) in [5.74, 6) is 0.310. The molecule has 2 amide bonds. The number of nitrogens with one attached hydrogen (secondary N) is 2. The highest BCUT2D eigenvalue weighted by Crippen LogP contribution is 2.20. The van der Waals surface area contributed by atoms with Crippen LogP contribution in [-0.4, -0.2) is 33.1 Å². The number of carbonyl (C=O) groups excluding carboxylic acids is 2. The van der Waals surface area contributed by atoms with Gasteiger partial charge in [-0.25, -0.2) is 0 Å². The highest BCUT2D eigenvalue weighted by molar-refractivity contribution is 6.30. The summed E-state index contributed by atoms with van der Waals surface area (Å²) in [6, 6.07) is 14.0. The predicted molar refractivity (Wildman–Crippen MR) is 108 cm³/mol. The third-order valence-corrected chi connectivity index (χ3v) is 4.36. The number of carbonyl (C=O) groups is 2. The van der Waals surface area contributed by atoms with Gasteiger partial charge in [-0.05, 0) is 43.3 Å². The van der Waals surface area contributed by atoms with Crippen LogP contribution in [0, 0.1) is 0 Å². The fourth-order valence-electron chi connectivity index (χ4n) is 2.66. The topological polar surface area (TPSA) is 88.9 Å². The van der Waals surface area contributed by atoms with E-state index in [0.717, 1.165) is 17.9 Å². The summed E-state index contributed by atoms with van der Waals surface area (Å²) >= 11 is 5.81. The van der Waals surface area contributed by atoms with E-state index in [4.69, 9.17) is 11.6 Å². The lowest BCUT2D eigenvalue weighted by Crippen LogP contribution is -2.27. The largest absolute Gasteiger partial charge is 0.352 e. The Hall–Kier alpha value is -3.19. The molecule has 0 fully saturated rings. The van der Waals surface area contributed by atoms with Crippen molar-refractivity contribution in [3.8, 4) is 11.4 Å². The molecule has 0 aliphatic carbocycles. The molecule has 0 aliphatic rings. The lowest BCUT2D eigenvalue weighted by molar-refractivity contribution is -0.116. The maximum absolute atomic E-state index is 12.2. The zero-order valence-electron chi connectivity index (χ0n) is 15.4. The van der Waals surface area contributed by atoms with Gasteiger partial charge in [0.15, 0.2) is 5.82 Å². The first-order chi connectivity index (χ1) is 13.6. The van der Waals surface area contributed by atoms with Gasteiger partial charge < -0.3 is 15.2 Å². The van der Waals surface area contributed by atoms with Gasteiger partial charge in [0.05, 0.1) is 0 Å². The van der Waals surface area contributed by atoms with E-state index in [9.17, 15) is 9.59 Å². The first-order valence-electron chi connectivity index (χ1n) is 8.88. The molecule has 3 rings (SSSR count). The number of anilines is 1. The SMILES string of the molecule is CCn1cnnc1-c1cccc(NC(=O)CCNC(=O)c2ccc(Cl)cc2)c1. The maximum Gasteiger partial charge on any atom is 0.251 e. The highest BCUT2D eigenvalue weighted by atomic mass is 35.5. The Kier molecular flexibility index (Phi) is 6.39. The monoisotopic (exact) mass is 397 g/mol. The van der Waals surface area contributed by atoms with Gasteiger partial charge in [0, 0.05) is 41.3 Å². The normalized spacial score (nSPS) is 10.5. The van der Waals surface area contributed by atoms with E-state index in [2.05, 4.69) is 20.8 Å². The van der Waals surface area contributed by atoms with Crippen molar-refractivity contribution >= 4 is 29.1 Å². The fraction of sp³-hybridized carbons (Fsp3) is 0.200. The number of aromatic nitrogens is 3. The van der Waals surface area contributed by atoms with Crippen LogP contribution >= 0.6 is 11.6 Å². The van der Waals surface area contributed by atoms with Crippen LogP contribution < -0.4 is 10.6 Å². The summed E-state index contributed by atoms with van der Waals surface area (Å²) < 4.78 is 1.92. The summed E-state index contributed by atoms with van der Waals surface area (Å²) in [5, 5.41) is 14.2. The van der Waals surface area contributed by atoms with Gasteiger partial charge in [0.25, 0.3) is 5.91 Å². The van der Waals surface area contributed by atoms with Crippen LogP contribution in [0.5, 0.6) is 0 Å². The number of rotatable bonds is 7. The number of nitrogens with zero attached hydrogens (tertiary/aromatic N) is 3. The van der Waals surface area contributed by atoms with Crippen molar-refractivity contribution < 1.29 is 9.59 Å². The number of benzene rings is 2. The van der Waals surface area contributed by atoms with Crippen LogP contribution in [0.3, 0.4) is 0 Å². The third kappa shape index (κ3) is 4.95. The van der Waals surface area contributed by atoms with Crippen LogP contribution in [0.15, 0.2) is 54.9 Å². The fourth-order valence-corrected chi connectivity index (χ4v) is 2.79. The molecule has 0 saturated carbocycles. The van der Waals surface area contributed by atoms with Gasteiger partial charge in [-0.1, -0.05) is 23.7 Å². The minimum atomic E-state index is -0.245. The molecule has 1 aromatic heterocycles. The minimum absolute atomic E-state index is 0.161. The van der Waals surface area contributed by atoms with Crippen LogP contribution in [0.2, 0.25) is 5.02 Å². The first-order valence-corrected chi connectivity index (χ1v) is 9.26. The molecule has 28 heavy (non-hydrogen) atoms. The number of halogens is 1. The second-order valence-electron chi connectivity index (χ2n) is 6.08. The second-order valence-corrected chi connectivity index (χ2v) is 6.52. The van der Waals surface area contributed by atoms with Crippen LogP contribution in [0.25, 0.3) is 11.4 Å². The zero-order chi connectivity index (χ0) is 19.9. The number of amides is 2. The molecular weight excluding hydrogens is 378 g/mol. The van der Waals surface area contributed by atoms with Crippen molar-refractivity contribution in [2.45, 2.75) is 19.9 Å². The lowest BCUT2D eigenvalue weighted by atomic mass is 10.2. The van der Waals surface area contributed by atoms with Crippen LogP contribution in [0.1, 0.15) is 23.7 Å². The molecule has 0 spiro atoms. The van der Waals surface area contributed by atoms with Crippen molar-refractivity contribution in [2.24, 2.45) is 0 Å². The van der Waals surface area contributed by atoms with E-state index >= 15 is 0 Å². The molecule has 0 aliphatic heterocycles. The average molecular weight is 398 g/mol. The first kappa shape index (κ1) is 19.6. The highest BCUT2D eigenvalue weighted by Gasteiger charge is 2.09. The van der Waals surface area contributed by atoms with Gasteiger partial charge in [0.1, 0.15) is 6.33 Å². The Labute approximate surface area is 167 Å². The van der Waals surface area contributed by atoms with Crippen molar-refractivity contribution in [1.82, 2.24) is 20.1 Å². The lowest BCUT2D eigenvalue weighted by Gasteiger charge is -2.09. The Morgan fingerprint density at radius 1 is 1.14 bits per heavy atom. The Balaban J connectivity index is 1.53. The predicted octanol–water partition coefficient (Wildman–Crippen LogP) is 3.38. The number of hydrogen-bond acceptors (Lipinski definition) is 4. The number of aryl methyl sites for hydroxylation is 1. The molecule has 8 heteroatoms. The second kappa shape index (κ2) is 9.14. The van der Waals surface area contributed by atoms with Gasteiger partial charge in [-0.15, -0.1) is 10.2 Å². The van der Waals surface area contributed by atoms with E-state index < -0.39 is 0 Å². The van der Waals surface area contributed by atoms with E-state index in [1.165, 1.54) is 0 Å². The average Bonchev–Trinajstić information content (AvgIpc) is 3.17. The molecule has 0 atom stereocenters. The Bertz CT molecular complexity index is 969. The van der Waals surface area contributed by atoms with E-state index in [0.29, 0.717) is 16.3 Å². The number of hydrogen-bond donors (Lipinski definition) is 2. The minimum Gasteiger partial charge on any atom is -0.352 e. The molecule has 1 heterocycles. The molecule has 0 saturated heterocycles. The summed E-state index contributed by atoms with van der Waals surface area (Å²) in [7, 11) is 0. The maximum atomic E-state index is 12.2. The van der Waals surface area contributed by atoms with Crippen LogP contribution in [-0.2, 0) is 11.3 Å². The molecule has 144 valence electrons. The summed E-state index contributed by atoms with van der Waals surface area (Å²) in [6.45, 7) is 3.00. The van der Waals surface area contributed by atoms with Gasteiger partial charge in [-0.2, -0.15) is 0 Å². The van der Waals surface area contributed by atoms with Gasteiger partial charge in [0.2, 0.25) is 5.91 Å². The van der Waals surface area contributed by atoms with E-state index in [1.807, 2.05) is 29.7 Å². The van der Waals surface area contributed by atoms with Crippen molar-refractivity contribution in [1.29, 1.82) is 0 Å². The summed E-state index contributed by atoms with van der Waals surface area (Å²) in [6.07, 6.45) is 1.83. The third-order valence-electron chi connectivity index (χ3n) is 4.10. The Morgan fingerprint density at radius 2 is 1.93 bits per heavy atom. The smallest absolute Gasteiger partial charge is 0.251 e. The van der Waals surface area contributed by atoms with Gasteiger partial charge in [-0.3, -0.25) is 9.59 Å². The summed E-state index contributed by atoms with van der Waals surface area (Å²) in [5.41, 5.74) is 2.03. The van der Waals surface area contributed by atoms with Crippen molar-refractivity contribution in [2.75, 3.05) is 11.9 Å². The standard InChI is InChI=1S/C20H20ClN5O2/c1-2-26-13-23-25-19(26)15-4-3-5-17(12-15)24-18(27)10-11-22-20(28)14-6-8-16(21)9-7-14/h3-9,12-13H,2,10-11H2,1H3,(H,22,28)(H,24,27). The quantitative estimate of drug-likeness (QED) is 0.639. The molecule has 0 unspecified atom stereocenters. The van der Waals surface area contributed by atoms with Crippen molar-refractivity contribution in [3.63, 3.8) is 0 Å². The van der Waals surface area contributed by atoms with Crippen molar-refractivity contribution in [3.05, 3.63) is 65.4 Å². The van der Waals surface area contributed by atoms with Gasteiger partial charge >= 0.3 is 0 Å². The van der Waals surface area contributed by atoms with E-state index in [-0.39, 0.29) is 24.8 Å². The molecule has 2 aromatic carbocycles. The molecule has 2 N–H and O–H groups in total. The molecule has 3 aromatic rings. The molecule has 7 nitrogen and oxygen atoms in total. The zero-order valence-corrected chi connectivity index (χ0v) is 16.1. The van der Waals surface area contributed by atoms with E-state index in [1.54, 1.807) is 36.7 Å². The molecular formula is C20H20ClN5O2.